The minimum Gasteiger partial charge on any atom is -0.329 e. The number of para-hydroxylation sites is 1. The summed E-state index contributed by atoms with van der Waals surface area (Å²) < 4.78 is 40.3. The molecule has 3 rings (SSSR count). The summed E-state index contributed by atoms with van der Waals surface area (Å²) in [6.07, 6.45) is -2.91. The smallest absolute Gasteiger partial charge is 0.329 e. The Morgan fingerprint density at radius 1 is 1.27 bits per heavy atom. The molecule has 0 radical (unpaired) electrons. The Bertz CT molecular complexity index is 826. The topological polar surface area (TPSA) is 73.0 Å². The van der Waals surface area contributed by atoms with E-state index in [9.17, 15) is 22.8 Å². The van der Waals surface area contributed by atoms with Crippen LogP contribution < -0.4 is 5.69 Å². The third-order valence-electron chi connectivity index (χ3n) is 4.39. The zero-order valence-corrected chi connectivity index (χ0v) is 14.1. The predicted octanol–water partition coefficient (Wildman–Crippen LogP) is 1.62. The molecule has 0 aliphatic heterocycles. The van der Waals surface area contributed by atoms with Gasteiger partial charge in [-0.3, -0.25) is 4.79 Å². The van der Waals surface area contributed by atoms with Gasteiger partial charge in [0, 0.05) is 6.04 Å². The van der Waals surface area contributed by atoms with Gasteiger partial charge >= 0.3 is 11.9 Å². The molecule has 26 heavy (non-hydrogen) atoms. The maximum atomic E-state index is 12.9. The molecule has 1 amide bonds. The van der Waals surface area contributed by atoms with Gasteiger partial charge in [0.15, 0.2) is 0 Å². The second-order valence-electron chi connectivity index (χ2n) is 6.38. The fraction of sp³-hybridized carbons (Fsp3) is 0.500. The molecule has 1 atom stereocenters. The molecule has 0 N–H and O–H groups in total. The van der Waals surface area contributed by atoms with Crippen molar-refractivity contribution in [2.24, 2.45) is 5.92 Å². The second kappa shape index (κ2) is 6.93. The van der Waals surface area contributed by atoms with Gasteiger partial charge in [0.1, 0.15) is 13.1 Å². The monoisotopic (exact) mass is 369 g/mol. The molecule has 1 saturated carbocycles. The number of aromatic nitrogens is 4. The molecule has 1 aromatic carbocycles. The van der Waals surface area contributed by atoms with Crippen molar-refractivity contribution in [1.82, 2.24) is 24.7 Å². The summed E-state index contributed by atoms with van der Waals surface area (Å²) in [6, 6.07) is 7.89. The molecule has 0 spiro atoms. The van der Waals surface area contributed by atoms with E-state index in [1.807, 2.05) is 0 Å². The number of alkyl halides is 3. The Morgan fingerprint density at radius 2 is 1.92 bits per heavy atom. The summed E-state index contributed by atoms with van der Waals surface area (Å²) in [5.74, 6) is -0.734. The quantitative estimate of drug-likeness (QED) is 0.776. The summed E-state index contributed by atoms with van der Waals surface area (Å²) >= 11 is 0. The molecule has 1 fully saturated rings. The van der Waals surface area contributed by atoms with Crippen molar-refractivity contribution in [1.29, 1.82) is 0 Å². The molecular weight excluding hydrogens is 351 g/mol. The molecule has 140 valence electrons. The number of carbonyl (C=O) groups is 1. The Kier molecular flexibility index (Phi) is 4.84. The lowest BCUT2D eigenvalue weighted by atomic mass is 10.1. The number of halogens is 3. The van der Waals surface area contributed by atoms with E-state index >= 15 is 0 Å². The minimum atomic E-state index is -4.51. The van der Waals surface area contributed by atoms with Gasteiger partial charge in [-0.1, -0.05) is 18.2 Å². The molecule has 0 bridgehead atoms. The van der Waals surface area contributed by atoms with Crippen LogP contribution in [0.3, 0.4) is 0 Å². The highest BCUT2D eigenvalue weighted by atomic mass is 19.4. The number of benzene rings is 1. The Hall–Kier alpha value is -2.65. The van der Waals surface area contributed by atoms with Gasteiger partial charge in [-0.05, 0) is 48.2 Å². The van der Waals surface area contributed by atoms with E-state index in [2.05, 4.69) is 10.4 Å². The van der Waals surface area contributed by atoms with Crippen LogP contribution in [0.5, 0.6) is 0 Å². The zero-order valence-electron chi connectivity index (χ0n) is 14.1. The van der Waals surface area contributed by atoms with E-state index in [4.69, 9.17) is 0 Å². The third-order valence-corrected chi connectivity index (χ3v) is 4.39. The lowest BCUT2D eigenvalue weighted by molar-refractivity contribution is -0.166. The zero-order chi connectivity index (χ0) is 18.9. The summed E-state index contributed by atoms with van der Waals surface area (Å²) in [6.45, 7) is -0.325. The summed E-state index contributed by atoms with van der Waals surface area (Å²) in [7, 11) is 0. The van der Waals surface area contributed by atoms with E-state index in [0.29, 0.717) is 5.69 Å². The second-order valence-corrected chi connectivity index (χ2v) is 6.38. The molecule has 0 saturated heterocycles. The predicted molar refractivity (Wildman–Crippen MR) is 85.6 cm³/mol. The first kappa shape index (κ1) is 18.2. The van der Waals surface area contributed by atoms with E-state index in [1.54, 1.807) is 37.3 Å². The van der Waals surface area contributed by atoms with Gasteiger partial charge in [0.05, 0.1) is 5.69 Å². The SMILES string of the molecule is C[C@@H](C1CC1)N(CC(F)(F)F)C(=O)Cn1nnn(-c2ccccc2)c1=O. The molecule has 1 aliphatic rings. The summed E-state index contributed by atoms with van der Waals surface area (Å²) in [5.41, 5.74) is -0.231. The average Bonchev–Trinajstić information content (AvgIpc) is 3.37. The van der Waals surface area contributed by atoms with Crippen LogP contribution in [0.1, 0.15) is 19.8 Å². The van der Waals surface area contributed by atoms with Crippen LogP contribution in [0, 0.1) is 5.92 Å². The number of amides is 1. The molecule has 10 heteroatoms. The summed E-state index contributed by atoms with van der Waals surface area (Å²) in [5, 5.41) is 7.31. The minimum absolute atomic E-state index is 0.0676. The van der Waals surface area contributed by atoms with Crippen LogP contribution in [-0.4, -0.2) is 49.4 Å². The normalized spacial score (nSPS) is 15.7. The third kappa shape index (κ3) is 4.12. The Balaban J connectivity index is 1.79. The van der Waals surface area contributed by atoms with E-state index < -0.39 is 36.9 Å². The van der Waals surface area contributed by atoms with E-state index in [0.717, 1.165) is 27.1 Å². The number of hydrogen-bond donors (Lipinski definition) is 0. The molecular formula is C16H18F3N5O2. The average molecular weight is 369 g/mol. The van der Waals surface area contributed by atoms with Crippen molar-refractivity contribution in [3.63, 3.8) is 0 Å². The molecule has 1 aromatic heterocycles. The van der Waals surface area contributed by atoms with Gasteiger partial charge in [0.25, 0.3) is 0 Å². The molecule has 2 aromatic rings. The molecule has 1 heterocycles. The van der Waals surface area contributed by atoms with Gasteiger partial charge < -0.3 is 4.90 Å². The highest BCUT2D eigenvalue weighted by molar-refractivity contribution is 5.76. The number of rotatable bonds is 6. The molecule has 0 unspecified atom stereocenters. The van der Waals surface area contributed by atoms with Crippen LogP contribution in [0.4, 0.5) is 13.2 Å². The maximum absolute atomic E-state index is 12.9. The van der Waals surface area contributed by atoms with Gasteiger partial charge in [-0.2, -0.15) is 22.5 Å². The lowest BCUT2D eigenvalue weighted by Crippen LogP contribution is -2.47. The van der Waals surface area contributed by atoms with Gasteiger partial charge in [-0.25, -0.2) is 4.79 Å². The number of tetrazole rings is 1. The van der Waals surface area contributed by atoms with Crippen LogP contribution in [0.2, 0.25) is 0 Å². The lowest BCUT2D eigenvalue weighted by Gasteiger charge is -2.30. The van der Waals surface area contributed by atoms with E-state index in [-0.39, 0.29) is 5.92 Å². The first-order valence-corrected chi connectivity index (χ1v) is 8.21. The Morgan fingerprint density at radius 3 is 2.50 bits per heavy atom. The van der Waals surface area contributed by atoms with Crippen LogP contribution in [0.15, 0.2) is 35.1 Å². The molecule has 7 nitrogen and oxygen atoms in total. The van der Waals surface area contributed by atoms with Crippen molar-refractivity contribution in [2.45, 2.75) is 38.5 Å². The van der Waals surface area contributed by atoms with Crippen molar-refractivity contribution in [3.05, 3.63) is 40.8 Å². The molecule has 1 aliphatic carbocycles. The summed E-state index contributed by atoms with van der Waals surface area (Å²) in [4.78, 5) is 25.6. The van der Waals surface area contributed by atoms with Crippen molar-refractivity contribution in [2.75, 3.05) is 6.54 Å². The number of hydrogen-bond acceptors (Lipinski definition) is 4. The van der Waals surface area contributed by atoms with E-state index in [1.165, 1.54) is 0 Å². The van der Waals surface area contributed by atoms with Gasteiger partial charge in [0.2, 0.25) is 5.91 Å². The van der Waals surface area contributed by atoms with Crippen LogP contribution >= 0.6 is 0 Å². The highest BCUT2D eigenvalue weighted by Gasteiger charge is 2.40. The van der Waals surface area contributed by atoms with Gasteiger partial charge in [-0.15, -0.1) is 0 Å². The van der Waals surface area contributed by atoms with Crippen molar-refractivity contribution in [3.8, 4) is 5.69 Å². The Labute approximate surface area is 147 Å². The number of nitrogens with zero attached hydrogens (tertiary/aromatic N) is 5. The van der Waals surface area contributed by atoms with Crippen LogP contribution in [-0.2, 0) is 11.3 Å². The highest BCUT2D eigenvalue weighted by Crippen LogP contribution is 2.36. The standard InChI is InChI=1S/C16H18F3N5O2/c1-11(12-7-8-12)22(10-16(17,18)19)14(25)9-23-15(26)24(21-20-23)13-5-3-2-4-6-13/h2-6,11-12H,7-10H2,1H3/t11-/m0/s1. The fourth-order valence-electron chi connectivity index (χ4n) is 2.81. The largest absolute Gasteiger partial charge is 0.406 e. The van der Waals surface area contributed by atoms with Crippen LogP contribution in [0.25, 0.3) is 5.69 Å². The first-order valence-electron chi connectivity index (χ1n) is 8.21. The maximum Gasteiger partial charge on any atom is 0.406 e. The first-order chi connectivity index (χ1) is 12.3. The van der Waals surface area contributed by atoms with Crippen molar-refractivity contribution < 1.29 is 18.0 Å². The number of carbonyl (C=O) groups excluding carboxylic acids is 1. The fourth-order valence-corrected chi connectivity index (χ4v) is 2.81. The van der Waals surface area contributed by atoms with Crippen molar-refractivity contribution >= 4 is 5.91 Å².